The average Bonchev–Trinajstić information content (AvgIpc) is 2.48. The third kappa shape index (κ3) is 2.22. The van der Waals surface area contributed by atoms with Crippen LogP contribution in [-0.4, -0.2) is 17.0 Å². The number of rotatable bonds is 3. The van der Waals surface area contributed by atoms with Gasteiger partial charge in [0.15, 0.2) is 0 Å². The molecule has 1 saturated carbocycles. The molecule has 4 rings (SSSR count). The standard InChI is InChI=1S/C16H17NO3/c18-15(17-12-4-2-1-3-5-12)13-10-6-8-11(9-7-10)14(13)16(19)20/h1-6,8,10-11,13-14H,7,9H2,(H,17,18)(H,19,20)/t10-,11-,13-,14+/m0/s1. The topological polar surface area (TPSA) is 66.4 Å². The Kier molecular flexibility index (Phi) is 3.30. The predicted octanol–water partition coefficient (Wildman–Crippen LogP) is 2.54. The van der Waals surface area contributed by atoms with Gasteiger partial charge in [0.05, 0.1) is 11.8 Å². The lowest BCUT2D eigenvalue weighted by Gasteiger charge is -2.41. The van der Waals surface area contributed by atoms with Crippen LogP contribution in [0.2, 0.25) is 0 Å². The van der Waals surface area contributed by atoms with Crippen LogP contribution >= 0.6 is 0 Å². The summed E-state index contributed by atoms with van der Waals surface area (Å²) in [5, 5.41) is 12.3. The van der Waals surface area contributed by atoms with Crippen molar-refractivity contribution < 1.29 is 14.7 Å². The second kappa shape index (κ2) is 5.12. The van der Waals surface area contributed by atoms with Crippen LogP contribution in [0.4, 0.5) is 5.69 Å². The van der Waals surface area contributed by atoms with Crippen molar-refractivity contribution in [3.8, 4) is 0 Å². The molecule has 0 saturated heterocycles. The van der Waals surface area contributed by atoms with E-state index < -0.39 is 17.8 Å². The van der Waals surface area contributed by atoms with E-state index in [-0.39, 0.29) is 17.7 Å². The summed E-state index contributed by atoms with van der Waals surface area (Å²) in [5.74, 6) is -2.06. The highest BCUT2D eigenvalue weighted by Crippen LogP contribution is 2.45. The van der Waals surface area contributed by atoms with Gasteiger partial charge in [0, 0.05) is 5.69 Å². The van der Waals surface area contributed by atoms with E-state index in [1.165, 1.54) is 0 Å². The number of carboxylic acid groups (broad SMARTS) is 1. The first-order chi connectivity index (χ1) is 9.66. The Morgan fingerprint density at radius 1 is 1.00 bits per heavy atom. The Bertz CT molecular complexity index is 552. The van der Waals surface area contributed by atoms with Crippen LogP contribution in [0.3, 0.4) is 0 Å². The molecule has 2 N–H and O–H groups in total. The summed E-state index contributed by atoms with van der Waals surface area (Å²) >= 11 is 0. The maximum Gasteiger partial charge on any atom is 0.307 e. The number of para-hydroxylation sites is 1. The number of amides is 1. The third-order valence-electron chi connectivity index (χ3n) is 4.38. The monoisotopic (exact) mass is 271 g/mol. The van der Waals surface area contributed by atoms with Gasteiger partial charge in [0.2, 0.25) is 5.91 Å². The Labute approximate surface area is 117 Å². The SMILES string of the molecule is O=C(Nc1ccccc1)[C@@H]1[C@H](C(=O)O)[C@H]2C=C[C@H]1CC2. The zero-order valence-electron chi connectivity index (χ0n) is 11.0. The molecule has 104 valence electrons. The molecule has 2 bridgehead atoms. The Balaban J connectivity index is 1.82. The Morgan fingerprint density at radius 2 is 1.60 bits per heavy atom. The number of anilines is 1. The molecule has 4 heteroatoms. The largest absolute Gasteiger partial charge is 0.481 e. The average molecular weight is 271 g/mol. The number of aliphatic carboxylic acids is 1. The fourth-order valence-electron chi connectivity index (χ4n) is 3.44. The second-order valence-corrected chi connectivity index (χ2v) is 5.54. The zero-order chi connectivity index (χ0) is 14.1. The number of allylic oxidation sites excluding steroid dienone is 2. The van der Waals surface area contributed by atoms with Gasteiger partial charge in [-0.2, -0.15) is 0 Å². The van der Waals surface area contributed by atoms with Crippen LogP contribution in [0, 0.1) is 23.7 Å². The van der Waals surface area contributed by atoms with Gasteiger partial charge in [-0.25, -0.2) is 0 Å². The number of fused-ring (bicyclic) bond motifs is 2. The quantitative estimate of drug-likeness (QED) is 0.830. The van der Waals surface area contributed by atoms with Crippen molar-refractivity contribution >= 4 is 17.6 Å². The third-order valence-corrected chi connectivity index (χ3v) is 4.38. The molecular weight excluding hydrogens is 254 g/mol. The molecule has 1 amide bonds. The molecule has 0 spiro atoms. The molecule has 0 unspecified atom stereocenters. The molecule has 4 atom stereocenters. The normalized spacial score (nSPS) is 31.0. The maximum atomic E-state index is 12.5. The summed E-state index contributed by atoms with van der Waals surface area (Å²) in [6.07, 6.45) is 5.76. The highest BCUT2D eigenvalue weighted by atomic mass is 16.4. The molecule has 0 radical (unpaired) electrons. The summed E-state index contributed by atoms with van der Waals surface area (Å²) in [7, 11) is 0. The molecule has 0 aromatic heterocycles. The molecule has 0 aliphatic heterocycles. The zero-order valence-corrected chi connectivity index (χ0v) is 11.0. The molecule has 0 heterocycles. The smallest absolute Gasteiger partial charge is 0.307 e. The van der Waals surface area contributed by atoms with Crippen LogP contribution in [-0.2, 0) is 9.59 Å². The van der Waals surface area contributed by atoms with Crippen LogP contribution in [0.1, 0.15) is 12.8 Å². The molecule has 3 aliphatic rings. The lowest BCUT2D eigenvalue weighted by molar-refractivity contribution is -0.151. The molecule has 1 aromatic carbocycles. The van der Waals surface area contributed by atoms with E-state index in [0.29, 0.717) is 5.69 Å². The van der Waals surface area contributed by atoms with Crippen molar-refractivity contribution in [2.24, 2.45) is 23.7 Å². The first kappa shape index (κ1) is 12.9. The highest BCUT2D eigenvalue weighted by Gasteiger charge is 2.48. The van der Waals surface area contributed by atoms with E-state index in [1.54, 1.807) is 0 Å². The van der Waals surface area contributed by atoms with Crippen molar-refractivity contribution in [2.75, 3.05) is 5.32 Å². The highest BCUT2D eigenvalue weighted by molar-refractivity contribution is 5.96. The maximum absolute atomic E-state index is 12.5. The summed E-state index contributed by atoms with van der Waals surface area (Å²) < 4.78 is 0. The lowest BCUT2D eigenvalue weighted by Crippen LogP contribution is -2.47. The Hall–Kier alpha value is -2.10. The van der Waals surface area contributed by atoms with Crippen molar-refractivity contribution in [3.63, 3.8) is 0 Å². The first-order valence-corrected chi connectivity index (χ1v) is 6.94. The molecule has 3 aliphatic carbocycles. The molecule has 1 fully saturated rings. The summed E-state index contributed by atoms with van der Waals surface area (Å²) in [6, 6.07) is 9.19. The lowest BCUT2D eigenvalue weighted by atomic mass is 9.62. The minimum absolute atomic E-state index is 0.0102. The van der Waals surface area contributed by atoms with Gasteiger partial charge >= 0.3 is 5.97 Å². The van der Waals surface area contributed by atoms with Crippen molar-refractivity contribution in [3.05, 3.63) is 42.5 Å². The predicted molar refractivity (Wildman–Crippen MR) is 75.0 cm³/mol. The number of hydrogen-bond acceptors (Lipinski definition) is 2. The number of carboxylic acids is 1. The molecule has 20 heavy (non-hydrogen) atoms. The number of benzene rings is 1. The van der Waals surface area contributed by atoms with E-state index in [2.05, 4.69) is 5.32 Å². The van der Waals surface area contributed by atoms with Gasteiger partial charge in [-0.3, -0.25) is 9.59 Å². The van der Waals surface area contributed by atoms with E-state index in [1.807, 2.05) is 42.5 Å². The van der Waals surface area contributed by atoms with Crippen LogP contribution < -0.4 is 5.32 Å². The van der Waals surface area contributed by atoms with Gasteiger partial charge in [0.1, 0.15) is 0 Å². The number of hydrogen-bond donors (Lipinski definition) is 2. The minimum Gasteiger partial charge on any atom is -0.481 e. The summed E-state index contributed by atoms with van der Waals surface area (Å²) in [5.41, 5.74) is 0.715. The molecule has 1 aromatic rings. The number of carbonyl (C=O) groups is 2. The first-order valence-electron chi connectivity index (χ1n) is 6.94. The summed E-state index contributed by atoms with van der Waals surface area (Å²) in [4.78, 5) is 24.0. The van der Waals surface area contributed by atoms with Crippen molar-refractivity contribution in [1.82, 2.24) is 0 Å². The van der Waals surface area contributed by atoms with Gasteiger partial charge in [0.25, 0.3) is 0 Å². The number of carbonyl (C=O) groups excluding carboxylic acids is 1. The fourth-order valence-corrected chi connectivity index (χ4v) is 3.44. The van der Waals surface area contributed by atoms with Gasteiger partial charge in [-0.1, -0.05) is 30.4 Å². The van der Waals surface area contributed by atoms with E-state index in [4.69, 9.17) is 0 Å². The van der Waals surface area contributed by atoms with Gasteiger partial charge in [-0.05, 0) is 36.8 Å². The van der Waals surface area contributed by atoms with Gasteiger partial charge in [-0.15, -0.1) is 0 Å². The summed E-state index contributed by atoms with van der Waals surface area (Å²) in [6.45, 7) is 0. The van der Waals surface area contributed by atoms with Crippen LogP contribution in [0.5, 0.6) is 0 Å². The van der Waals surface area contributed by atoms with Crippen molar-refractivity contribution in [2.45, 2.75) is 12.8 Å². The Morgan fingerprint density at radius 3 is 2.15 bits per heavy atom. The minimum atomic E-state index is -0.864. The van der Waals surface area contributed by atoms with Crippen molar-refractivity contribution in [1.29, 1.82) is 0 Å². The van der Waals surface area contributed by atoms with E-state index in [0.717, 1.165) is 12.8 Å². The van der Waals surface area contributed by atoms with E-state index in [9.17, 15) is 14.7 Å². The van der Waals surface area contributed by atoms with Crippen LogP contribution in [0.25, 0.3) is 0 Å². The number of nitrogens with one attached hydrogen (secondary N) is 1. The second-order valence-electron chi connectivity index (χ2n) is 5.54. The molecular formula is C16H17NO3. The van der Waals surface area contributed by atoms with Gasteiger partial charge < -0.3 is 10.4 Å². The molecule has 4 nitrogen and oxygen atoms in total. The fraction of sp³-hybridized carbons (Fsp3) is 0.375. The van der Waals surface area contributed by atoms with Crippen LogP contribution in [0.15, 0.2) is 42.5 Å². The van der Waals surface area contributed by atoms with E-state index >= 15 is 0 Å².